The summed E-state index contributed by atoms with van der Waals surface area (Å²) in [7, 11) is 0. The number of fused-ring (bicyclic) bond motifs is 11. The second kappa shape index (κ2) is 12.3. The van der Waals surface area contributed by atoms with Crippen molar-refractivity contribution >= 4 is 71.7 Å². The molecule has 0 bridgehead atoms. The van der Waals surface area contributed by atoms with Gasteiger partial charge in [0.15, 0.2) is 0 Å². The number of hydrogen-bond donors (Lipinski definition) is 0. The molecule has 2 aromatic heterocycles. The third-order valence-electron chi connectivity index (χ3n) is 12.5. The second-order valence-corrected chi connectivity index (χ2v) is 16.0. The van der Waals surface area contributed by atoms with E-state index >= 15 is 0 Å². The summed E-state index contributed by atoms with van der Waals surface area (Å²) in [5, 5.41) is 6.81. The van der Waals surface area contributed by atoms with Crippen LogP contribution in [0.3, 0.4) is 0 Å². The first kappa shape index (κ1) is 32.8. The number of hydrogen-bond acceptors (Lipinski definition) is 3. The number of furan rings is 2. The molecule has 0 saturated carbocycles. The maximum atomic E-state index is 6.77. The second-order valence-electron chi connectivity index (χ2n) is 16.0. The van der Waals surface area contributed by atoms with Crippen molar-refractivity contribution in [3.63, 3.8) is 0 Å². The minimum Gasteiger partial charge on any atom is -0.456 e. The summed E-state index contributed by atoms with van der Waals surface area (Å²) in [5.41, 5.74) is 16.5. The van der Waals surface area contributed by atoms with Gasteiger partial charge in [0.25, 0.3) is 0 Å². The Balaban J connectivity index is 1.06. The molecule has 0 spiro atoms. The molecule has 1 aliphatic carbocycles. The molecule has 11 aromatic rings. The van der Waals surface area contributed by atoms with Crippen LogP contribution in [-0.2, 0) is 5.41 Å². The smallest absolute Gasteiger partial charge is 0.143 e. The van der Waals surface area contributed by atoms with E-state index in [4.69, 9.17) is 8.83 Å². The largest absolute Gasteiger partial charge is 0.456 e. The van der Waals surface area contributed by atoms with Crippen molar-refractivity contribution in [3.8, 4) is 33.4 Å². The normalized spacial score (nSPS) is 13.1. The molecular weight excluding hydrogens is 707 g/mol. The molecule has 0 aliphatic heterocycles. The summed E-state index contributed by atoms with van der Waals surface area (Å²) in [6.45, 7) is 4.73. The van der Waals surface area contributed by atoms with Gasteiger partial charge in [0, 0.05) is 49.2 Å². The van der Waals surface area contributed by atoms with Crippen molar-refractivity contribution in [2.45, 2.75) is 19.3 Å². The molecule has 0 atom stereocenters. The number of rotatable bonds is 5. The van der Waals surface area contributed by atoms with Crippen LogP contribution in [0.5, 0.6) is 0 Å². The first-order valence-corrected chi connectivity index (χ1v) is 20.0. The first-order chi connectivity index (χ1) is 28.5. The Morgan fingerprint density at radius 2 is 1.03 bits per heavy atom. The fourth-order valence-corrected chi connectivity index (χ4v) is 9.76. The monoisotopic (exact) mass is 743 g/mol. The van der Waals surface area contributed by atoms with E-state index in [9.17, 15) is 0 Å². The lowest BCUT2D eigenvalue weighted by atomic mass is 9.81. The zero-order valence-corrected chi connectivity index (χ0v) is 32.2. The zero-order valence-electron chi connectivity index (χ0n) is 32.2. The molecule has 0 unspecified atom stereocenters. The third-order valence-corrected chi connectivity index (χ3v) is 12.5. The van der Waals surface area contributed by atoms with Gasteiger partial charge in [0.1, 0.15) is 22.3 Å². The number of anilines is 3. The fourth-order valence-electron chi connectivity index (χ4n) is 9.76. The summed E-state index contributed by atoms with van der Waals surface area (Å²) in [6.07, 6.45) is 0. The number of nitrogens with zero attached hydrogens (tertiary/aromatic N) is 1. The molecule has 274 valence electrons. The van der Waals surface area contributed by atoms with Crippen LogP contribution in [-0.4, -0.2) is 0 Å². The van der Waals surface area contributed by atoms with Crippen LogP contribution < -0.4 is 4.90 Å². The van der Waals surface area contributed by atoms with Crippen LogP contribution in [0.4, 0.5) is 17.1 Å². The predicted octanol–water partition coefficient (Wildman–Crippen LogP) is 15.7. The Labute approximate surface area is 336 Å². The molecule has 0 amide bonds. The van der Waals surface area contributed by atoms with Crippen LogP contribution in [0.1, 0.15) is 25.0 Å². The highest BCUT2D eigenvalue weighted by molar-refractivity contribution is 6.17. The Morgan fingerprint density at radius 1 is 0.397 bits per heavy atom. The summed E-state index contributed by atoms with van der Waals surface area (Å²) < 4.78 is 13.0. The molecule has 58 heavy (non-hydrogen) atoms. The van der Waals surface area contributed by atoms with E-state index in [1.165, 1.54) is 33.3 Å². The molecule has 9 aromatic carbocycles. The summed E-state index contributed by atoms with van der Waals surface area (Å²) in [4.78, 5) is 2.47. The molecule has 0 radical (unpaired) electrons. The Hall–Kier alpha value is -7.36. The van der Waals surface area contributed by atoms with E-state index in [1.54, 1.807) is 0 Å². The number of para-hydroxylation sites is 3. The molecule has 0 saturated heterocycles. The lowest BCUT2D eigenvalue weighted by Crippen LogP contribution is -2.21. The van der Waals surface area contributed by atoms with E-state index in [1.807, 2.05) is 12.1 Å². The van der Waals surface area contributed by atoms with Crippen LogP contribution in [0.15, 0.2) is 197 Å². The third kappa shape index (κ3) is 4.74. The van der Waals surface area contributed by atoms with Gasteiger partial charge in [-0.25, -0.2) is 0 Å². The van der Waals surface area contributed by atoms with Crippen molar-refractivity contribution < 1.29 is 8.83 Å². The molecule has 3 nitrogen and oxygen atoms in total. The van der Waals surface area contributed by atoms with E-state index in [0.29, 0.717) is 0 Å². The van der Waals surface area contributed by atoms with Crippen LogP contribution in [0, 0.1) is 0 Å². The van der Waals surface area contributed by atoms with Crippen molar-refractivity contribution in [1.82, 2.24) is 0 Å². The van der Waals surface area contributed by atoms with Gasteiger partial charge in [-0.15, -0.1) is 0 Å². The highest BCUT2D eigenvalue weighted by Crippen LogP contribution is 2.55. The first-order valence-electron chi connectivity index (χ1n) is 20.0. The Morgan fingerprint density at radius 3 is 1.93 bits per heavy atom. The molecule has 2 heterocycles. The fraction of sp³-hybridized carbons (Fsp3) is 0.0545. The van der Waals surface area contributed by atoms with Gasteiger partial charge in [-0.3, -0.25) is 0 Å². The average molecular weight is 744 g/mol. The van der Waals surface area contributed by atoms with Crippen LogP contribution in [0.25, 0.3) is 88.0 Å². The topological polar surface area (TPSA) is 29.5 Å². The standard InChI is InChI=1S/C55H37NO2/c1-55(2)47-21-8-5-16-41(47)43-19-12-23-49(52(43)55)56(48-22-9-6-14-38(48)36-28-32-51-46(33-36)42-17-7-10-24-50(42)57-51)37-29-25-35(26-30-37)40-18-11-20-44-45-31-27-34-13-3-4-15-39(34)54(45)58-53(40)44/h3-33H,1-2H3. The van der Waals surface area contributed by atoms with Crippen LogP contribution in [0.2, 0.25) is 0 Å². The summed E-state index contributed by atoms with van der Waals surface area (Å²) in [5.74, 6) is 0. The quantitative estimate of drug-likeness (QED) is 0.176. The molecule has 12 rings (SSSR count). The highest BCUT2D eigenvalue weighted by atomic mass is 16.3. The van der Waals surface area contributed by atoms with Crippen molar-refractivity contribution in [2.24, 2.45) is 0 Å². The molecular formula is C55H37NO2. The van der Waals surface area contributed by atoms with E-state index in [2.05, 4.69) is 195 Å². The maximum absolute atomic E-state index is 6.77. The van der Waals surface area contributed by atoms with Gasteiger partial charge in [-0.2, -0.15) is 0 Å². The lowest BCUT2D eigenvalue weighted by molar-refractivity contribution is 0.661. The predicted molar refractivity (Wildman–Crippen MR) is 242 cm³/mol. The van der Waals surface area contributed by atoms with Gasteiger partial charge in [-0.1, -0.05) is 153 Å². The van der Waals surface area contributed by atoms with E-state index in [-0.39, 0.29) is 5.41 Å². The van der Waals surface area contributed by atoms with E-state index in [0.717, 1.165) is 82.9 Å². The zero-order chi connectivity index (χ0) is 38.5. The van der Waals surface area contributed by atoms with Gasteiger partial charge in [0.05, 0.1) is 11.4 Å². The van der Waals surface area contributed by atoms with Crippen molar-refractivity contribution in [1.29, 1.82) is 0 Å². The highest BCUT2D eigenvalue weighted by Gasteiger charge is 2.39. The van der Waals surface area contributed by atoms with E-state index < -0.39 is 0 Å². The minimum atomic E-state index is -0.217. The minimum absolute atomic E-state index is 0.217. The molecule has 0 N–H and O–H groups in total. The van der Waals surface area contributed by atoms with Gasteiger partial charge in [0.2, 0.25) is 0 Å². The molecule has 1 aliphatic rings. The molecule has 3 heteroatoms. The summed E-state index contributed by atoms with van der Waals surface area (Å²) >= 11 is 0. The van der Waals surface area contributed by atoms with Gasteiger partial charge in [-0.05, 0) is 87.3 Å². The SMILES string of the molecule is CC1(C)c2ccccc2-c2cccc(N(c3ccc(-c4cccc5c4oc4c6ccccc6ccc54)cc3)c3ccccc3-c3ccc4oc5ccccc5c4c3)c21. The van der Waals surface area contributed by atoms with Crippen molar-refractivity contribution in [2.75, 3.05) is 4.90 Å². The lowest BCUT2D eigenvalue weighted by Gasteiger charge is -2.33. The van der Waals surface area contributed by atoms with Crippen LogP contribution >= 0.6 is 0 Å². The van der Waals surface area contributed by atoms with Gasteiger partial charge >= 0.3 is 0 Å². The maximum Gasteiger partial charge on any atom is 0.143 e. The van der Waals surface area contributed by atoms with Gasteiger partial charge < -0.3 is 13.7 Å². The Bertz CT molecular complexity index is 3440. The Kier molecular flexibility index (Phi) is 6.98. The van der Waals surface area contributed by atoms with Crippen molar-refractivity contribution in [3.05, 3.63) is 199 Å². The molecule has 0 fully saturated rings. The average Bonchev–Trinajstić information content (AvgIpc) is 3.92. The number of benzene rings is 9. The summed E-state index contributed by atoms with van der Waals surface area (Å²) in [6, 6.07) is 67.7.